The summed E-state index contributed by atoms with van der Waals surface area (Å²) in [5.74, 6) is 0. The molecule has 0 saturated heterocycles. The molecule has 0 aliphatic rings. The van der Waals surface area contributed by atoms with Crippen molar-refractivity contribution in [1.29, 1.82) is 0 Å². The van der Waals surface area contributed by atoms with Crippen molar-refractivity contribution in [2.75, 3.05) is 0 Å². The maximum absolute atomic E-state index is 6.17. The first-order valence-corrected chi connectivity index (χ1v) is 7.37. The minimum absolute atomic E-state index is 0.775. The molecule has 0 radical (unpaired) electrons. The normalized spacial score (nSPS) is 11.1. The molecule has 0 N–H and O–H groups in total. The summed E-state index contributed by atoms with van der Waals surface area (Å²) in [6.07, 6.45) is 0. The van der Waals surface area contributed by atoms with E-state index >= 15 is 0 Å². The molecule has 1 heteroatoms. The maximum atomic E-state index is 6.17. The molecule has 0 spiro atoms. The lowest BCUT2D eigenvalue weighted by Crippen LogP contribution is -1.85. The van der Waals surface area contributed by atoms with Gasteiger partial charge in [0, 0.05) is 5.02 Å². The molecule has 100 valence electrons. The summed E-state index contributed by atoms with van der Waals surface area (Å²) in [6, 6.07) is 27.4. The van der Waals surface area contributed by atoms with E-state index in [1.807, 2.05) is 18.2 Å². The van der Waals surface area contributed by atoms with E-state index in [1.165, 1.54) is 32.7 Å². The van der Waals surface area contributed by atoms with Crippen LogP contribution in [-0.2, 0) is 0 Å². The van der Waals surface area contributed by atoms with Crippen molar-refractivity contribution in [2.24, 2.45) is 0 Å². The Bertz CT molecular complexity index is 940. The molecule has 0 fully saturated rings. The molecule has 0 aliphatic heterocycles. The zero-order valence-electron chi connectivity index (χ0n) is 11.4. The molecule has 0 bridgehead atoms. The van der Waals surface area contributed by atoms with Crippen LogP contribution in [0.4, 0.5) is 0 Å². The van der Waals surface area contributed by atoms with Crippen LogP contribution in [0.2, 0.25) is 5.02 Å². The Hall–Kier alpha value is -2.31. The number of hydrogen-bond donors (Lipinski definition) is 0. The lowest BCUT2D eigenvalue weighted by atomic mass is 9.92. The average Bonchev–Trinajstić information content (AvgIpc) is 2.53. The summed E-state index contributed by atoms with van der Waals surface area (Å²) < 4.78 is 0. The predicted molar refractivity (Wildman–Crippen MR) is 91.9 cm³/mol. The van der Waals surface area contributed by atoms with E-state index < -0.39 is 0 Å². The fraction of sp³-hybridized carbons (Fsp3) is 0. The molecule has 0 aromatic heterocycles. The first-order valence-electron chi connectivity index (χ1n) is 6.99. The minimum Gasteiger partial charge on any atom is -0.0843 e. The van der Waals surface area contributed by atoms with Crippen LogP contribution >= 0.6 is 11.6 Å². The Morgan fingerprint density at radius 2 is 1.29 bits per heavy atom. The van der Waals surface area contributed by atoms with Gasteiger partial charge < -0.3 is 0 Å². The van der Waals surface area contributed by atoms with Crippen LogP contribution in [0, 0.1) is 0 Å². The largest absolute Gasteiger partial charge is 0.0843 e. The molecule has 0 unspecified atom stereocenters. The van der Waals surface area contributed by atoms with Crippen LogP contribution in [0.1, 0.15) is 0 Å². The molecular formula is C20H13Cl. The Labute approximate surface area is 128 Å². The highest BCUT2D eigenvalue weighted by Gasteiger charge is 2.09. The van der Waals surface area contributed by atoms with Crippen LogP contribution in [0.5, 0.6) is 0 Å². The van der Waals surface area contributed by atoms with Crippen molar-refractivity contribution >= 4 is 33.1 Å². The summed E-state index contributed by atoms with van der Waals surface area (Å²) >= 11 is 6.17. The van der Waals surface area contributed by atoms with Gasteiger partial charge in [-0.25, -0.2) is 0 Å². The summed E-state index contributed by atoms with van der Waals surface area (Å²) in [7, 11) is 0. The fourth-order valence-electron chi connectivity index (χ4n) is 2.96. The topological polar surface area (TPSA) is 0 Å². The summed E-state index contributed by atoms with van der Waals surface area (Å²) in [6.45, 7) is 0. The Kier molecular flexibility index (Phi) is 2.90. The minimum atomic E-state index is 0.775. The number of fused-ring (bicyclic) bond motifs is 2. The first-order chi connectivity index (χ1) is 10.3. The summed E-state index contributed by atoms with van der Waals surface area (Å²) in [4.78, 5) is 0. The number of rotatable bonds is 1. The summed E-state index contributed by atoms with van der Waals surface area (Å²) in [5, 5.41) is 5.71. The van der Waals surface area contributed by atoms with E-state index in [1.54, 1.807) is 0 Å². The first kappa shape index (κ1) is 12.4. The van der Waals surface area contributed by atoms with Gasteiger partial charge in [-0.15, -0.1) is 0 Å². The van der Waals surface area contributed by atoms with Crippen LogP contribution in [-0.4, -0.2) is 0 Å². The Morgan fingerprint density at radius 1 is 0.571 bits per heavy atom. The molecule has 4 aromatic carbocycles. The van der Waals surface area contributed by atoms with Gasteiger partial charge in [0.05, 0.1) is 0 Å². The molecule has 21 heavy (non-hydrogen) atoms. The van der Waals surface area contributed by atoms with E-state index in [0.29, 0.717) is 0 Å². The van der Waals surface area contributed by atoms with Crippen molar-refractivity contribution in [3.8, 4) is 11.1 Å². The molecule has 4 aromatic rings. The number of hydrogen-bond acceptors (Lipinski definition) is 0. The van der Waals surface area contributed by atoms with Crippen molar-refractivity contribution < 1.29 is 0 Å². The van der Waals surface area contributed by atoms with Gasteiger partial charge in [0.1, 0.15) is 0 Å². The third kappa shape index (κ3) is 2.09. The molecular weight excluding hydrogens is 276 g/mol. The maximum Gasteiger partial charge on any atom is 0.0412 e. The standard InChI is InChI=1S/C20H13Cl/c21-17-10-11-19-16(13-17)12-15-8-4-5-9-18(15)20(19)14-6-2-1-3-7-14/h1-13H. The van der Waals surface area contributed by atoms with E-state index in [0.717, 1.165) is 5.02 Å². The lowest BCUT2D eigenvalue weighted by molar-refractivity contribution is 1.67. The van der Waals surface area contributed by atoms with Gasteiger partial charge in [-0.05, 0) is 50.9 Å². The van der Waals surface area contributed by atoms with Gasteiger partial charge in [0.2, 0.25) is 0 Å². The van der Waals surface area contributed by atoms with Crippen LogP contribution in [0.3, 0.4) is 0 Å². The van der Waals surface area contributed by atoms with E-state index in [4.69, 9.17) is 11.6 Å². The van der Waals surface area contributed by atoms with Gasteiger partial charge in [-0.3, -0.25) is 0 Å². The summed E-state index contributed by atoms with van der Waals surface area (Å²) in [5.41, 5.74) is 2.52. The molecule has 0 saturated carbocycles. The number of halogens is 1. The van der Waals surface area contributed by atoms with Gasteiger partial charge in [-0.2, -0.15) is 0 Å². The molecule has 0 atom stereocenters. The highest BCUT2D eigenvalue weighted by molar-refractivity contribution is 6.31. The second-order valence-corrected chi connectivity index (χ2v) is 5.64. The van der Waals surface area contributed by atoms with Crippen LogP contribution < -0.4 is 0 Å². The Morgan fingerprint density at radius 3 is 2.14 bits per heavy atom. The Balaban J connectivity index is 2.22. The quantitative estimate of drug-likeness (QED) is 0.360. The third-order valence-corrected chi connectivity index (χ3v) is 4.12. The molecule has 4 rings (SSSR count). The van der Waals surface area contributed by atoms with Crippen LogP contribution in [0.25, 0.3) is 32.7 Å². The molecule has 0 nitrogen and oxygen atoms in total. The lowest BCUT2D eigenvalue weighted by Gasteiger charge is -2.12. The molecule has 0 aliphatic carbocycles. The third-order valence-electron chi connectivity index (χ3n) is 3.89. The van der Waals surface area contributed by atoms with Crippen molar-refractivity contribution in [2.45, 2.75) is 0 Å². The SMILES string of the molecule is Clc1ccc2c(-c3ccccc3)c3ccccc3cc2c1. The van der Waals surface area contributed by atoms with Crippen LogP contribution in [0.15, 0.2) is 78.9 Å². The zero-order valence-corrected chi connectivity index (χ0v) is 12.1. The fourth-order valence-corrected chi connectivity index (χ4v) is 3.14. The van der Waals surface area contributed by atoms with Gasteiger partial charge in [0.25, 0.3) is 0 Å². The predicted octanol–water partition coefficient (Wildman–Crippen LogP) is 6.31. The second-order valence-electron chi connectivity index (χ2n) is 5.20. The van der Waals surface area contributed by atoms with Gasteiger partial charge in [0.15, 0.2) is 0 Å². The van der Waals surface area contributed by atoms with Crippen molar-refractivity contribution in [3.63, 3.8) is 0 Å². The van der Waals surface area contributed by atoms with Gasteiger partial charge in [-0.1, -0.05) is 72.3 Å². The molecule has 0 heterocycles. The number of benzene rings is 4. The van der Waals surface area contributed by atoms with E-state index in [9.17, 15) is 0 Å². The highest BCUT2D eigenvalue weighted by atomic mass is 35.5. The monoisotopic (exact) mass is 288 g/mol. The van der Waals surface area contributed by atoms with Crippen molar-refractivity contribution in [3.05, 3.63) is 83.9 Å². The molecule has 0 amide bonds. The van der Waals surface area contributed by atoms with Crippen molar-refractivity contribution in [1.82, 2.24) is 0 Å². The van der Waals surface area contributed by atoms with Gasteiger partial charge >= 0.3 is 0 Å². The van der Waals surface area contributed by atoms with E-state index in [-0.39, 0.29) is 0 Å². The van der Waals surface area contributed by atoms with E-state index in [2.05, 4.69) is 60.7 Å². The second kappa shape index (κ2) is 4.91. The average molecular weight is 289 g/mol. The highest BCUT2D eigenvalue weighted by Crippen LogP contribution is 2.37. The zero-order chi connectivity index (χ0) is 14.2. The smallest absolute Gasteiger partial charge is 0.0412 e.